The molecule has 1 heterocycles. The second-order valence-electron chi connectivity index (χ2n) is 15.1. The second kappa shape index (κ2) is 17.5. The van der Waals surface area contributed by atoms with Gasteiger partial charge in [-0.25, -0.2) is 9.79 Å². The van der Waals surface area contributed by atoms with E-state index in [1.165, 1.54) is 0 Å². The molecule has 3 atom stereocenters. The number of hydrogen-bond donors (Lipinski definition) is 0. The molecule has 4 aromatic carbocycles. The summed E-state index contributed by atoms with van der Waals surface area (Å²) in [5.41, 5.74) is 0.617. The Morgan fingerprint density at radius 2 is 1.35 bits per heavy atom. The SMILES string of the molecule is C=C(CO[Si](c1ccccc1)(c1ccccc1)C(C)(C)C)[C@H](O[Si](CC)(CC)CC)[C@]1(C(=O)OCc2ccccc2)N=C(c2ccc(OC)cc2)O[C@H]1C. The largest absolute Gasteiger partial charge is 0.497 e. The van der Waals surface area contributed by atoms with Crippen molar-refractivity contribution in [2.24, 2.45) is 4.99 Å². The van der Waals surface area contributed by atoms with E-state index in [0.29, 0.717) is 17.2 Å². The van der Waals surface area contributed by atoms with E-state index in [0.717, 1.165) is 39.6 Å². The Labute approximate surface area is 324 Å². The molecule has 0 saturated heterocycles. The number of methoxy groups -OCH3 is 1. The van der Waals surface area contributed by atoms with Gasteiger partial charge in [0, 0.05) is 5.56 Å². The normalized spacial score (nSPS) is 18.0. The average molecular weight is 764 g/mol. The van der Waals surface area contributed by atoms with Crippen LogP contribution in [0.4, 0.5) is 0 Å². The molecule has 9 heteroatoms. The van der Waals surface area contributed by atoms with Gasteiger partial charge in [0.2, 0.25) is 11.4 Å². The van der Waals surface area contributed by atoms with Gasteiger partial charge in [0.1, 0.15) is 24.6 Å². The quantitative estimate of drug-likeness (QED) is 0.0608. The molecule has 0 N–H and O–H groups in total. The molecule has 1 aliphatic heterocycles. The van der Waals surface area contributed by atoms with E-state index in [1.54, 1.807) is 7.11 Å². The zero-order valence-corrected chi connectivity index (χ0v) is 35.3. The third-order valence-electron chi connectivity index (χ3n) is 11.0. The lowest BCUT2D eigenvalue weighted by molar-refractivity contribution is -0.158. The number of hydrogen-bond acceptors (Lipinski definition) is 7. The minimum absolute atomic E-state index is 0.0806. The van der Waals surface area contributed by atoms with E-state index in [4.69, 9.17) is 34.6 Å². The van der Waals surface area contributed by atoms with Crippen LogP contribution < -0.4 is 15.1 Å². The molecule has 0 bridgehead atoms. The van der Waals surface area contributed by atoms with Crippen LogP contribution in [0.3, 0.4) is 0 Å². The third kappa shape index (κ3) is 8.20. The third-order valence-corrected chi connectivity index (χ3v) is 20.6. The van der Waals surface area contributed by atoms with Crippen molar-refractivity contribution in [3.8, 4) is 5.75 Å². The van der Waals surface area contributed by atoms with E-state index in [9.17, 15) is 4.79 Å². The Morgan fingerprint density at radius 3 is 1.83 bits per heavy atom. The molecule has 0 fully saturated rings. The summed E-state index contributed by atoms with van der Waals surface area (Å²) < 4.78 is 33.0. The molecule has 4 aromatic rings. The van der Waals surface area contributed by atoms with Crippen LogP contribution in [0.15, 0.2) is 132 Å². The maximum atomic E-state index is 15.0. The molecule has 0 amide bonds. The van der Waals surface area contributed by atoms with Crippen LogP contribution >= 0.6 is 0 Å². The van der Waals surface area contributed by atoms with Crippen molar-refractivity contribution < 1.29 is 27.9 Å². The molecule has 1 aliphatic rings. The average Bonchev–Trinajstić information content (AvgIpc) is 3.56. The van der Waals surface area contributed by atoms with Gasteiger partial charge in [-0.3, -0.25) is 0 Å². The fourth-order valence-electron chi connectivity index (χ4n) is 7.61. The van der Waals surface area contributed by atoms with E-state index < -0.39 is 40.4 Å². The number of aliphatic imine (C=N–C) groups is 1. The molecular weight excluding hydrogens is 707 g/mol. The van der Waals surface area contributed by atoms with E-state index in [-0.39, 0.29) is 18.3 Å². The number of carbonyl (C=O) groups excluding carboxylic acids is 1. The van der Waals surface area contributed by atoms with Crippen molar-refractivity contribution in [3.63, 3.8) is 0 Å². The smallest absolute Gasteiger partial charge is 0.341 e. The van der Waals surface area contributed by atoms with Gasteiger partial charge in [-0.15, -0.1) is 0 Å². The fraction of sp³-hybridized carbons (Fsp3) is 0.378. The Balaban J connectivity index is 1.66. The van der Waals surface area contributed by atoms with Gasteiger partial charge < -0.3 is 23.1 Å². The zero-order valence-electron chi connectivity index (χ0n) is 33.3. The fourth-order valence-corrected chi connectivity index (χ4v) is 15.0. The summed E-state index contributed by atoms with van der Waals surface area (Å²) in [5.74, 6) is 0.525. The van der Waals surface area contributed by atoms with Crippen LogP contribution in [-0.2, 0) is 29.7 Å². The summed E-state index contributed by atoms with van der Waals surface area (Å²) in [7, 11) is -3.78. The van der Waals surface area contributed by atoms with Gasteiger partial charge in [-0.2, -0.15) is 0 Å². The highest BCUT2D eigenvalue weighted by Gasteiger charge is 2.60. The van der Waals surface area contributed by atoms with E-state index in [1.807, 2.05) is 73.7 Å². The number of ether oxygens (including phenoxy) is 3. The highest BCUT2D eigenvalue weighted by Crippen LogP contribution is 2.42. The summed E-state index contributed by atoms with van der Waals surface area (Å²) in [4.78, 5) is 20.2. The Kier molecular flexibility index (Phi) is 13.2. The van der Waals surface area contributed by atoms with Gasteiger partial charge in [-0.05, 0) is 75.9 Å². The molecule has 0 radical (unpaired) electrons. The lowest BCUT2D eigenvalue weighted by Crippen LogP contribution is -2.67. The summed E-state index contributed by atoms with van der Waals surface area (Å²) in [5, 5.41) is 2.04. The number of rotatable bonds is 17. The minimum Gasteiger partial charge on any atom is -0.497 e. The van der Waals surface area contributed by atoms with Crippen LogP contribution in [0.2, 0.25) is 23.2 Å². The molecule has 54 heavy (non-hydrogen) atoms. The van der Waals surface area contributed by atoms with Crippen molar-refractivity contribution in [2.45, 2.75) is 96.0 Å². The van der Waals surface area contributed by atoms with Crippen LogP contribution in [0.5, 0.6) is 5.75 Å². The molecule has 0 aromatic heterocycles. The summed E-state index contributed by atoms with van der Waals surface area (Å²) in [6.07, 6.45) is -1.64. The molecule has 0 aliphatic carbocycles. The van der Waals surface area contributed by atoms with Gasteiger partial charge in [0.25, 0.3) is 8.32 Å². The number of carbonyl (C=O) groups is 1. The van der Waals surface area contributed by atoms with Crippen LogP contribution in [0.1, 0.15) is 59.6 Å². The topological polar surface area (TPSA) is 75.6 Å². The molecule has 0 unspecified atom stereocenters. The lowest BCUT2D eigenvalue weighted by Gasteiger charge is -2.45. The number of esters is 1. The van der Waals surface area contributed by atoms with Gasteiger partial charge in [0.15, 0.2) is 8.32 Å². The minimum atomic E-state index is -2.98. The van der Waals surface area contributed by atoms with Crippen LogP contribution in [0, 0.1) is 0 Å². The van der Waals surface area contributed by atoms with Gasteiger partial charge in [0.05, 0.1) is 13.7 Å². The maximum absolute atomic E-state index is 15.0. The van der Waals surface area contributed by atoms with Crippen molar-refractivity contribution in [3.05, 3.63) is 139 Å². The molecular formula is C45H57NO6Si2. The van der Waals surface area contributed by atoms with Crippen molar-refractivity contribution in [2.75, 3.05) is 13.7 Å². The number of benzene rings is 4. The molecule has 0 spiro atoms. The van der Waals surface area contributed by atoms with Crippen molar-refractivity contribution >= 4 is 38.9 Å². The first-order chi connectivity index (χ1) is 25.9. The van der Waals surface area contributed by atoms with Crippen LogP contribution in [0.25, 0.3) is 0 Å². The lowest BCUT2D eigenvalue weighted by atomic mass is 9.84. The maximum Gasteiger partial charge on any atom is 0.341 e. The van der Waals surface area contributed by atoms with Crippen molar-refractivity contribution in [1.29, 1.82) is 0 Å². The number of nitrogens with zero attached hydrogens (tertiary/aromatic N) is 1. The highest BCUT2D eigenvalue weighted by atomic mass is 28.4. The second-order valence-corrected chi connectivity index (χ2v) is 24.2. The van der Waals surface area contributed by atoms with E-state index in [2.05, 4.69) is 90.1 Å². The molecule has 0 saturated carbocycles. The summed E-state index contributed by atoms with van der Waals surface area (Å²) >= 11 is 0. The van der Waals surface area contributed by atoms with Gasteiger partial charge in [-0.1, -0.05) is 139 Å². The first-order valence-corrected chi connectivity index (χ1v) is 23.6. The summed E-state index contributed by atoms with van der Waals surface area (Å²) in [6.45, 7) is 20.1. The Bertz CT molecular complexity index is 1810. The van der Waals surface area contributed by atoms with Gasteiger partial charge >= 0.3 is 5.97 Å². The molecule has 5 rings (SSSR count). The zero-order chi connectivity index (χ0) is 39.0. The Hall–Kier alpha value is -4.29. The predicted octanol–water partition coefficient (Wildman–Crippen LogP) is 8.87. The predicted molar refractivity (Wildman–Crippen MR) is 224 cm³/mol. The summed E-state index contributed by atoms with van der Waals surface area (Å²) in [6, 6.07) is 40.8. The first-order valence-electron chi connectivity index (χ1n) is 19.1. The van der Waals surface area contributed by atoms with Crippen molar-refractivity contribution in [1.82, 2.24) is 0 Å². The van der Waals surface area contributed by atoms with Crippen LogP contribution in [-0.4, -0.2) is 60.0 Å². The Morgan fingerprint density at radius 1 is 0.833 bits per heavy atom. The molecule has 7 nitrogen and oxygen atoms in total. The standard InChI is InChI=1S/C45H57NO6Si2/c1-10-53(11-2,12-3)52-41(34(4)32-50-54(44(6,7)8,39-24-18-14-19-25-39)40-26-20-15-21-27-40)45(43(47)49-33-36-22-16-13-17-23-36)35(5)51-42(46-45)37-28-30-38(48-9)31-29-37/h13-31,35,41H,4,10-12,32-33H2,1-3,5-9H3/t35-,41-,45+/m0/s1. The first kappa shape index (κ1) is 40.9. The highest BCUT2D eigenvalue weighted by molar-refractivity contribution is 6.99. The monoisotopic (exact) mass is 763 g/mol. The molecule has 286 valence electrons. The van der Waals surface area contributed by atoms with E-state index >= 15 is 0 Å².